The molecular formula is C12H18FNO2. The predicted octanol–water partition coefficient (Wildman–Crippen LogP) is 1.83. The summed E-state index contributed by atoms with van der Waals surface area (Å²) in [5, 5.41) is 8.88. The van der Waals surface area contributed by atoms with Crippen molar-refractivity contribution in [3.8, 4) is 5.75 Å². The van der Waals surface area contributed by atoms with Crippen LogP contribution in [-0.4, -0.2) is 18.8 Å². The van der Waals surface area contributed by atoms with E-state index in [4.69, 9.17) is 15.6 Å². The van der Waals surface area contributed by atoms with Gasteiger partial charge in [0.2, 0.25) is 0 Å². The van der Waals surface area contributed by atoms with E-state index in [2.05, 4.69) is 0 Å². The number of aliphatic hydroxyl groups is 1. The number of methoxy groups -OCH3 is 1. The number of aliphatic hydroxyl groups excluding tert-OH is 1. The number of aryl methyl sites for hydroxylation is 1. The Morgan fingerprint density at radius 3 is 2.62 bits per heavy atom. The number of benzene rings is 1. The van der Waals surface area contributed by atoms with Crippen LogP contribution >= 0.6 is 0 Å². The topological polar surface area (TPSA) is 55.5 Å². The molecule has 0 radical (unpaired) electrons. The summed E-state index contributed by atoms with van der Waals surface area (Å²) in [7, 11) is 1.54. The fourth-order valence-electron chi connectivity index (χ4n) is 1.88. The third-order valence-corrected chi connectivity index (χ3v) is 2.72. The summed E-state index contributed by atoms with van der Waals surface area (Å²) >= 11 is 0. The van der Waals surface area contributed by atoms with Crippen LogP contribution in [-0.2, 0) is 0 Å². The van der Waals surface area contributed by atoms with E-state index in [0.717, 1.165) is 0 Å². The van der Waals surface area contributed by atoms with Crippen molar-refractivity contribution in [3.63, 3.8) is 0 Å². The van der Waals surface area contributed by atoms with E-state index in [1.54, 1.807) is 13.8 Å². The van der Waals surface area contributed by atoms with Crippen molar-refractivity contribution in [2.24, 2.45) is 5.73 Å². The molecule has 1 aromatic carbocycles. The Kier molecular flexibility index (Phi) is 4.26. The van der Waals surface area contributed by atoms with Gasteiger partial charge in [0, 0.05) is 18.2 Å². The summed E-state index contributed by atoms with van der Waals surface area (Å²) in [6.45, 7) is 3.42. The second-order valence-electron chi connectivity index (χ2n) is 3.87. The maximum Gasteiger partial charge on any atom is 0.127 e. The van der Waals surface area contributed by atoms with Crippen LogP contribution in [0.3, 0.4) is 0 Å². The Morgan fingerprint density at radius 1 is 1.50 bits per heavy atom. The Labute approximate surface area is 95.0 Å². The van der Waals surface area contributed by atoms with Crippen LogP contribution in [0.5, 0.6) is 5.75 Å². The van der Waals surface area contributed by atoms with Gasteiger partial charge in [-0.15, -0.1) is 0 Å². The largest absolute Gasteiger partial charge is 0.496 e. The summed E-state index contributed by atoms with van der Waals surface area (Å²) in [5.74, 6) is 0.321. The third-order valence-electron chi connectivity index (χ3n) is 2.72. The average Bonchev–Trinajstić information content (AvgIpc) is 2.23. The van der Waals surface area contributed by atoms with E-state index >= 15 is 0 Å². The zero-order valence-electron chi connectivity index (χ0n) is 9.88. The summed E-state index contributed by atoms with van der Waals surface area (Å²) in [5.41, 5.74) is 7.77. The smallest absolute Gasteiger partial charge is 0.127 e. The van der Waals surface area contributed by atoms with Crippen LogP contribution < -0.4 is 10.5 Å². The van der Waals surface area contributed by atoms with Crippen LogP contribution in [0.4, 0.5) is 4.39 Å². The molecule has 0 aliphatic rings. The molecular weight excluding hydrogens is 209 g/mol. The van der Waals surface area contributed by atoms with Gasteiger partial charge in [-0.25, -0.2) is 4.39 Å². The molecule has 1 aromatic rings. The number of hydrogen-bond acceptors (Lipinski definition) is 3. The number of hydrogen-bond donors (Lipinski definition) is 2. The lowest BCUT2D eigenvalue weighted by Gasteiger charge is -2.19. The molecule has 0 spiro atoms. The monoisotopic (exact) mass is 227 g/mol. The Hall–Kier alpha value is -1.13. The van der Waals surface area contributed by atoms with Gasteiger partial charge in [-0.05, 0) is 37.5 Å². The second-order valence-corrected chi connectivity index (χ2v) is 3.87. The highest BCUT2D eigenvalue weighted by molar-refractivity contribution is 5.48. The number of ether oxygens (including phenoxy) is 1. The molecule has 90 valence electrons. The molecule has 0 amide bonds. The fraction of sp³-hybridized carbons (Fsp3) is 0.500. The molecule has 0 saturated carbocycles. The minimum absolute atomic E-state index is 0.0285. The SMILES string of the molecule is COc1c(C)cc(F)c(C)c1C(N)CCO. The van der Waals surface area contributed by atoms with Crippen LogP contribution in [0, 0.1) is 19.7 Å². The van der Waals surface area contributed by atoms with Crippen molar-refractivity contribution in [3.05, 3.63) is 28.6 Å². The lowest BCUT2D eigenvalue weighted by atomic mass is 9.95. The summed E-state index contributed by atoms with van der Waals surface area (Å²) in [6.07, 6.45) is 0.389. The molecule has 3 nitrogen and oxygen atoms in total. The van der Waals surface area contributed by atoms with Gasteiger partial charge in [-0.2, -0.15) is 0 Å². The van der Waals surface area contributed by atoms with Crippen LogP contribution in [0.15, 0.2) is 6.07 Å². The van der Waals surface area contributed by atoms with E-state index in [1.165, 1.54) is 13.2 Å². The van der Waals surface area contributed by atoms with Crippen molar-refractivity contribution in [1.29, 1.82) is 0 Å². The standard InChI is InChI=1S/C12H18FNO2/c1-7-6-9(13)8(2)11(12(7)16-3)10(14)4-5-15/h6,10,15H,4-5,14H2,1-3H3. The minimum Gasteiger partial charge on any atom is -0.496 e. The fourth-order valence-corrected chi connectivity index (χ4v) is 1.88. The molecule has 1 atom stereocenters. The lowest BCUT2D eigenvalue weighted by Crippen LogP contribution is -2.16. The average molecular weight is 227 g/mol. The normalized spacial score (nSPS) is 12.6. The first kappa shape index (κ1) is 12.9. The molecule has 4 heteroatoms. The molecule has 1 rings (SSSR count). The molecule has 0 fully saturated rings. The first-order chi connectivity index (χ1) is 7.52. The first-order valence-corrected chi connectivity index (χ1v) is 5.23. The van der Waals surface area contributed by atoms with Crippen LogP contribution in [0.25, 0.3) is 0 Å². The van der Waals surface area contributed by atoms with Crippen molar-refractivity contribution in [2.75, 3.05) is 13.7 Å². The highest BCUT2D eigenvalue weighted by Crippen LogP contribution is 2.33. The number of rotatable bonds is 4. The van der Waals surface area contributed by atoms with Gasteiger partial charge in [0.05, 0.1) is 7.11 Å². The molecule has 0 aliphatic carbocycles. The van der Waals surface area contributed by atoms with E-state index in [-0.39, 0.29) is 12.4 Å². The summed E-state index contributed by atoms with van der Waals surface area (Å²) in [6, 6.07) is 1.03. The van der Waals surface area contributed by atoms with E-state index < -0.39 is 6.04 Å². The molecule has 16 heavy (non-hydrogen) atoms. The van der Waals surface area contributed by atoms with Crippen molar-refractivity contribution in [2.45, 2.75) is 26.3 Å². The maximum absolute atomic E-state index is 13.6. The number of nitrogens with two attached hydrogens (primary N) is 1. The minimum atomic E-state index is -0.408. The molecule has 0 heterocycles. The second kappa shape index (κ2) is 5.27. The molecule has 0 aromatic heterocycles. The van der Waals surface area contributed by atoms with Crippen molar-refractivity contribution < 1.29 is 14.2 Å². The molecule has 3 N–H and O–H groups in total. The van der Waals surface area contributed by atoms with Gasteiger partial charge in [0.15, 0.2) is 0 Å². The highest BCUT2D eigenvalue weighted by atomic mass is 19.1. The van der Waals surface area contributed by atoms with Crippen LogP contribution in [0.2, 0.25) is 0 Å². The van der Waals surface area contributed by atoms with Gasteiger partial charge >= 0.3 is 0 Å². The Bertz CT molecular complexity index is 380. The zero-order chi connectivity index (χ0) is 12.3. The Morgan fingerprint density at radius 2 is 2.12 bits per heavy atom. The van der Waals surface area contributed by atoms with E-state index in [1.807, 2.05) is 0 Å². The van der Waals surface area contributed by atoms with Gasteiger partial charge in [-0.1, -0.05) is 0 Å². The van der Waals surface area contributed by atoms with Crippen LogP contribution in [0.1, 0.15) is 29.2 Å². The highest BCUT2D eigenvalue weighted by Gasteiger charge is 2.19. The lowest BCUT2D eigenvalue weighted by molar-refractivity contribution is 0.274. The van der Waals surface area contributed by atoms with Gasteiger partial charge < -0.3 is 15.6 Å². The number of halogens is 1. The van der Waals surface area contributed by atoms with E-state index in [0.29, 0.717) is 28.9 Å². The van der Waals surface area contributed by atoms with Crippen molar-refractivity contribution >= 4 is 0 Å². The van der Waals surface area contributed by atoms with E-state index in [9.17, 15) is 4.39 Å². The maximum atomic E-state index is 13.6. The zero-order valence-corrected chi connectivity index (χ0v) is 9.88. The predicted molar refractivity (Wildman–Crippen MR) is 61.1 cm³/mol. The molecule has 0 aliphatic heterocycles. The van der Waals surface area contributed by atoms with Gasteiger partial charge in [0.1, 0.15) is 11.6 Å². The summed E-state index contributed by atoms with van der Waals surface area (Å²) < 4.78 is 18.8. The molecule has 1 unspecified atom stereocenters. The Balaban J connectivity index is 3.32. The molecule has 0 saturated heterocycles. The quantitative estimate of drug-likeness (QED) is 0.825. The molecule has 0 bridgehead atoms. The van der Waals surface area contributed by atoms with Gasteiger partial charge in [-0.3, -0.25) is 0 Å². The first-order valence-electron chi connectivity index (χ1n) is 5.23. The van der Waals surface area contributed by atoms with Crippen molar-refractivity contribution in [1.82, 2.24) is 0 Å². The summed E-state index contributed by atoms with van der Waals surface area (Å²) in [4.78, 5) is 0. The van der Waals surface area contributed by atoms with Gasteiger partial charge in [0.25, 0.3) is 0 Å². The third kappa shape index (κ3) is 2.33.